The molecule has 3 rings (SSSR count). The van der Waals surface area contributed by atoms with Crippen molar-refractivity contribution < 1.29 is 4.79 Å². The number of rotatable bonds is 4. The second-order valence-electron chi connectivity index (χ2n) is 5.24. The van der Waals surface area contributed by atoms with E-state index < -0.39 is 0 Å². The van der Waals surface area contributed by atoms with Gasteiger partial charge in [0, 0.05) is 10.4 Å². The third kappa shape index (κ3) is 3.09. The Morgan fingerprint density at radius 1 is 1.27 bits per heavy atom. The van der Waals surface area contributed by atoms with Crippen LogP contribution in [0.1, 0.15) is 33.9 Å². The lowest BCUT2D eigenvalue weighted by Crippen LogP contribution is -2.26. The van der Waals surface area contributed by atoms with Gasteiger partial charge in [0.05, 0.1) is 11.7 Å². The van der Waals surface area contributed by atoms with Crippen LogP contribution in [0.2, 0.25) is 0 Å². The number of carbonyl (C=O) groups is 1. The molecule has 0 aliphatic rings. The Hall–Kier alpha value is -2.40. The number of nitrogens with one attached hydrogen (secondary N) is 2. The molecule has 1 amide bonds. The van der Waals surface area contributed by atoms with Crippen molar-refractivity contribution in [1.29, 1.82) is 0 Å². The minimum absolute atomic E-state index is 0.0152. The molecule has 0 unspecified atom stereocenters. The van der Waals surface area contributed by atoms with Gasteiger partial charge >= 0.3 is 0 Å². The van der Waals surface area contributed by atoms with Crippen molar-refractivity contribution in [2.24, 2.45) is 0 Å². The molecule has 0 fully saturated rings. The number of hydrogen-bond acceptors (Lipinski definition) is 3. The molecule has 2 aromatic heterocycles. The summed E-state index contributed by atoms with van der Waals surface area (Å²) >= 11 is 1.63. The summed E-state index contributed by atoms with van der Waals surface area (Å²) in [4.78, 5) is 13.4. The van der Waals surface area contributed by atoms with Crippen LogP contribution in [0.5, 0.6) is 0 Å². The average molecular weight is 311 g/mol. The number of carbonyl (C=O) groups excluding carboxylic acids is 1. The standard InChI is InChI=1S/C17H17N3OS/c1-11-5-7-13(8-6-11)14-10-15(20-19-14)17(21)18-12(2)16-4-3-9-22-16/h3-10,12H,1-2H3,(H,18,21)(H,19,20)/t12-/m1/s1. The van der Waals surface area contributed by atoms with Crippen molar-refractivity contribution >= 4 is 17.2 Å². The Kier molecular flexibility index (Phi) is 4.06. The zero-order valence-electron chi connectivity index (χ0n) is 12.5. The number of H-pyrrole nitrogens is 1. The van der Waals surface area contributed by atoms with Crippen LogP contribution in [0.15, 0.2) is 47.8 Å². The van der Waals surface area contributed by atoms with Gasteiger partial charge in [0.2, 0.25) is 0 Å². The Morgan fingerprint density at radius 2 is 2.05 bits per heavy atom. The molecular formula is C17H17N3OS. The average Bonchev–Trinajstić information content (AvgIpc) is 3.20. The molecule has 3 aromatic rings. The van der Waals surface area contributed by atoms with E-state index in [0.717, 1.165) is 16.1 Å². The number of aryl methyl sites for hydroxylation is 1. The van der Waals surface area contributed by atoms with Gasteiger partial charge in [-0.1, -0.05) is 35.9 Å². The summed E-state index contributed by atoms with van der Waals surface area (Å²) < 4.78 is 0. The van der Waals surface area contributed by atoms with E-state index in [1.165, 1.54) is 5.56 Å². The zero-order valence-corrected chi connectivity index (χ0v) is 13.3. The van der Waals surface area contributed by atoms with Gasteiger partial charge in [-0.25, -0.2) is 0 Å². The lowest BCUT2D eigenvalue weighted by atomic mass is 10.1. The highest BCUT2D eigenvalue weighted by Crippen LogP contribution is 2.20. The van der Waals surface area contributed by atoms with Crippen molar-refractivity contribution in [2.45, 2.75) is 19.9 Å². The maximum atomic E-state index is 12.3. The highest BCUT2D eigenvalue weighted by atomic mass is 32.1. The summed E-state index contributed by atoms with van der Waals surface area (Å²) in [5, 5.41) is 12.0. The Labute approximate surface area is 133 Å². The van der Waals surface area contributed by atoms with Gasteiger partial charge in [0.1, 0.15) is 5.69 Å². The number of hydrogen-bond donors (Lipinski definition) is 2. The summed E-state index contributed by atoms with van der Waals surface area (Å²) in [5.41, 5.74) is 3.43. The Morgan fingerprint density at radius 3 is 2.73 bits per heavy atom. The quantitative estimate of drug-likeness (QED) is 0.767. The number of benzene rings is 1. The molecule has 4 nitrogen and oxygen atoms in total. The van der Waals surface area contributed by atoms with Gasteiger partial charge in [-0.2, -0.15) is 5.10 Å². The normalized spacial score (nSPS) is 12.1. The second kappa shape index (κ2) is 6.15. The van der Waals surface area contributed by atoms with Crippen LogP contribution in [0.25, 0.3) is 11.3 Å². The first kappa shape index (κ1) is 14.5. The number of nitrogens with zero attached hydrogens (tertiary/aromatic N) is 1. The summed E-state index contributed by atoms with van der Waals surface area (Å²) in [5.74, 6) is -0.147. The third-order valence-corrected chi connectivity index (χ3v) is 4.54. The van der Waals surface area contributed by atoms with Crippen LogP contribution in [0, 0.1) is 6.92 Å². The van der Waals surface area contributed by atoms with Crippen molar-refractivity contribution in [1.82, 2.24) is 15.5 Å². The monoisotopic (exact) mass is 311 g/mol. The number of aromatic nitrogens is 2. The molecule has 0 saturated carbocycles. The lowest BCUT2D eigenvalue weighted by molar-refractivity contribution is 0.0935. The first-order valence-corrected chi connectivity index (χ1v) is 7.98. The molecule has 0 radical (unpaired) electrons. The molecule has 0 bridgehead atoms. The molecule has 0 spiro atoms. The molecular weight excluding hydrogens is 294 g/mol. The first-order valence-electron chi connectivity index (χ1n) is 7.10. The van der Waals surface area contributed by atoms with E-state index in [0.29, 0.717) is 5.69 Å². The van der Waals surface area contributed by atoms with Gasteiger partial charge in [0.25, 0.3) is 5.91 Å². The SMILES string of the molecule is Cc1ccc(-c2cc(C(=O)N[C@H](C)c3cccs3)[nH]n2)cc1. The Balaban J connectivity index is 1.73. The van der Waals surface area contributed by atoms with E-state index in [1.54, 1.807) is 17.4 Å². The smallest absolute Gasteiger partial charge is 0.269 e. The molecule has 0 aliphatic heterocycles. The fourth-order valence-corrected chi connectivity index (χ4v) is 2.93. The predicted octanol–water partition coefficient (Wildman–Crippen LogP) is 3.94. The van der Waals surface area contributed by atoms with Crippen LogP contribution < -0.4 is 5.32 Å². The van der Waals surface area contributed by atoms with E-state index in [-0.39, 0.29) is 11.9 Å². The molecule has 0 saturated heterocycles. The largest absolute Gasteiger partial charge is 0.343 e. The van der Waals surface area contributed by atoms with Gasteiger partial charge < -0.3 is 5.32 Å². The molecule has 2 heterocycles. The first-order chi connectivity index (χ1) is 10.6. The van der Waals surface area contributed by atoms with E-state index in [2.05, 4.69) is 15.5 Å². The molecule has 5 heteroatoms. The van der Waals surface area contributed by atoms with Crippen LogP contribution in [-0.2, 0) is 0 Å². The topological polar surface area (TPSA) is 57.8 Å². The summed E-state index contributed by atoms with van der Waals surface area (Å²) in [7, 11) is 0. The van der Waals surface area contributed by atoms with Gasteiger partial charge in [-0.3, -0.25) is 9.89 Å². The fraction of sp³-hybridized carbons (Fsp3) is 0.176. The molecule has 2 N–H and O–H groups in total. The van der Waals surface area contributed by atoms with Crippen LogP contribution in [-0.4, -0.2) is 16.1 Å². The highest BCUT2D eigenvalue weighted by Gasteiger charge is 2.15. The number of thiophene rings is 1. The van der Waals surface area contributed by atoms with E-state index >= 15 is 0 Å². The molecule has 0 aliphatic carbocycles. The number of aromatic amines is 1. The molecule has 22 heavy (non-hydrogen) atoms. The molecule has 1 atom stereocenters. The third-order valence-electron chi connectivity index (χ3n) is 3.49. The van der Waals surface area contributed by atoms with Gasteiger partial charge in [0.15, 0.2) is 0 Å². The van der Waals surface area contributed by atoms with Crippen molar-refractivity contribution in [3.8, 4) is 11.3 Å². The van der Waals surface area contributed by atoms with E-state index in [9.17, 15) is 4.79 Å². The molecule has 112 valence electrons. The van der Waals surface area contributed by atoms with Crippen LogP contribution >= 0.6 is 11.3 Å². The van der Waals surface area contributed by atoms with Crippen molar-refractivity contribution in [3.05, 3.63) is 64.0 Å². The maximum Gasteiger partial charge on any atom is 0.269 e. The summed E-state index contributed by atoms with van der Waals surface area (Å²) in [6, 6.07) is 13.8. The molecule has 1 aromatic carbocycles. The van der Waals surface area contributed by atoms with E-state index in [4.69, 9.17) is 0 Å². The lowest BCUT2D eigenvalue weighted by Gasteiger charge is -2.10. The van der Waals surface area contributed by atoms with Crippen LogP contribution in [0.3, 0.4) is 0 Å². The van der Waals surface area contributed by atoms with Gasteiger partial charge in [-0.15, -0.1) is 11.3 Å². The number of amides is 1. The van der Waals surface area contributed by atoms with Gasteiger partial charge in [-0.05, 0) is 31.4 Å². The predicted molar refractivity (Wildman–Crippen MR) is 89.0 cm³/mol. The minimum atomic E-state index is -0.147. The zero-order chi connectivity index (χ0) is 15.5. The Bertz CT molecular complexity index is 760. The highest BCUT2D eigenvalue weighted by molar-refractivity contribution is 7.10. The van der Waals surface area contributed by atoms with E-state index in [1.807, 2.05) is 55.6 Å². The van der Waals surface area contributed by atoms with Crippen molar-refractivity contribution in [2.75, 3.05) is 0 Å². The summed E-state index contributed by atoms with van der Waals surface area (Å²) in [6.07, 6.45) is 0. The summed E-state index contributed by atoms with van der Waals surface area (Å²) in [6.45, 7) is 4.01. The van der Waals surface area contributed by atoms with Crippen molar-refractivity contribution in [3.63, 3.8) is 0 Å². The van der Waals surface area contributed by atoms with Crippen LogP contribution in [0.4, 0.5) is 0 Å². The minimum Gasteiger partial charge on any atom is -0.343 e. The second-order valence-corrected chi connectivity index (χ2v) is 6.22. The maximum absolute atomic E-state index is 12.3. The fourth-order valence-electron chi connectivity index (χ4n) is 2.19.